The molecule has 184 valence electrons. The van der Waals surface area contributed by atoms with Crippen molar-refractivity contribution in [1.29, 1.82) is 0 Å². The zero-order chi connectivity index (χ0) is 25.3. The summed E-state index contributed by atoms with van der Waals surface area (Å²) in [6, 6.07) is 20.1. The van der Waals surface area contributed by atoms with Gasteiger partial charge >= 0.3 is 6.18 Å². The van der Waals surface area contributed by atoms with Crippen LogP contribution in [0.4, 0.5) is 13.2 Å². The van der Waals surface area contributed by atoms with Crippen LogP contribution in [0.2, 0.25) is 0 Å². The summed E-state index contributed by atoms with van der Waals surface area (Å²) in [6.07, 6.45) is -2.98. The minimum atomic E-state index is -4.70. The van der Waals surface area contributed by atoms with Crippen LogP contribution in [0, 0.1) is 0 Å². The number of ether oxygens (including phenoxy) is 2. The molecule has 5 aromatic rings. The van der Waals surface area contributed by atoms with Crippen molar-refractivity contribution in [1.82, 2.24) is 24.1 Å². The minimum absolute atomic E-state index is 0.0135. The maximum atomic E-state index is 13.5. The number of alkyl halides is 3. The number of imidazole rings is 1. The highest BCUT2D eigenvalue weighted by Crippen LogP contribution is 2.33. The van der Waals surface area contributed by atoms with Gasteiger partial charge in [0, 0.05) is 12.3 Å². The molecule has 0 atom stereocenters. The SMILES string of the molecule is COc1ccc(Cn2nc(C(F)(F)F)nc2-c2nc3cc(OCc4ccccc4)ccn3c2Br)cc1. The van der Waals surface area contributed by atoms with Gasteiger partial charge in [-0.25, -0.2) is 14.6 Å². The Bertz CT molecular complexity index is 1500. The van der Waals surface area contributed by atoms with Crippen LogP contribution in [0.15, 0.2) is 77.5 Å². The number of hydrogen-bond acceptors (Lipinski definition) is 5. The first-order chi connectivity index (χ1) is 17.3. The number of halogens is 4. The summed E-state index contributed by atoms with van der Waals surface area (Å²) in [5.74, 6) is -0.0321. The van der Waals surface area contributed by atoms with Crippen LogP contribution >= 0.6 is 15.9 Å². The Morgan fingerprint density at radius 1 is 0.917 bits per heavy atom. The van der Waals surface area contributed by atoms with E-state index in [1.54, 1.807) is 54.1 Å². The van der Waals surface area contributed by atoms with Crippen molar-refractivity contribution in [2.45, 2.75) is 19.3 Å². The Hall–Kier alpha value is -3.86. The summed E-state index contributed by atoms with van der Waals surface area (Å²) in [6.45, 7) is 0.436. The molecule has 0 amide bonds. The predicted molar refractivity (Wildman–Crippen MR) is 130 cm³/mol. The summed E-state index contributed by atoms with van der Waals surface area (Å²) < 4.78 is 54.9. The molecule has 11 heteroatoms. The molecule has 7 nitrogen and oxygen atoms in total. The maximum Gasteiger partial charge on any atom is 0.453 e. The van der Waals surface area contributed by atoms with Crippen molar-refractivity contribution in [3.05, 3.63) is 94.5 Å². The molecule has 0 aliphatic carbocycles. The highest BCUT2D eigenvalue weighted by Gasteiger charge is 2.38. The molecular weight excluding hydrogens is 539 g/mol. The predicted octanol–water partition coefficient (Wildman–Crippen LogP) is 6.01. The largest absolute Gasteiger partial charge is 0.497 e. The highest BCUT2D eigenvalue weighted by molar-refractivity contribution is 9.10. The Morgan fingerprint density at radius 3 is 2.36 bits per heavy atom. The number of rotatable bonds is 7. The number of nitrogens with zero attached hydrogens (tertiary/aromatic N) is 5. The monoisotopic (exact) mass is 557 g/mol. The van der Waals surface area contributed by atoms with E-state index in [4.69, 9.17) is 9.47 Å². The van der Waals surface area contributed by atoms with E-state index in [0.29, 0.717) is 28.4 Å². The van der Waals surface area contributed by atoms with Gasteiger partial charge < -0.3 is 9.47 Å². The van der Waals surface area contributed by atoms with Crippen LogP contribution in [0.1, 0.15) is 17.0 Å². The van der Waals surface area contributed by atoms with E-state index in [1.807, 2.05) is 30.3 Å². The molecule has 3 heterocycles. The molecule has 2 aromatic carbocycles. The van der Waals surface area contributed by atoms with E-state index >= 15 is 0 Å². The van der Waals surface area contributed by atoms with Crippen molar-refractivity contribution in [3.8, 4) is 23.0 Å². The standard InChI is InChI=1S/C25H19BrF3N5O2/c1-35-18-9-7-16(8-10-18)14-34-23(31-24(32-34)25(27,28)29)21-22(26)33-12-11-19(13-20(33)30-21)36-15-17-5-3-2-4-6-17/h2-13H,14-15H2,1H3. The summed E-state index contributed by atoms with van der Waals surface area (Å²) in [4.78, 5) is 8.35. The van der Waals surface area contributed by atoms with E-state index in [0.717, 1.165) is 11.1 Å². The summed E-state index contributed by atoms with van der Waals surface area (Å²) in [5.41, 5.74) is 2.45. The second-order valence-electron chi connectivity index (χ2n) is 7.88. The van der Waals surface area contributed by atoms with E-state index in [9.17, 15) is 13.2 Å². The second kappa shape index (κ2) is 9.65. The Labute approximate surface area is 212 Å². The van der Waals surface area contributed by atoms with Crippen LogP contribution < -0.4 is 9.47 Å². The summed E-state index contributed by atoms with van der Waals surface area (Å²) in [7, 11) is 1.54. The van der Waals surface area contributed by atoms with Crippen molar-refractivity contribution >= 4 is 21.6 Å². The van der Waals surface area contributed by atoms with Crippen molar-refractivity contribution in [2.24, 2.45) is 0 Å². The Kier molecular flexibility index (Phi) is 6.40. The van der Waals surface area contributed by atoms with Crippen LogP contribution in [0.25, 0.3) is 17.2 Å². The molecular formula is C25H19BrF3N5O2. The van der Waals surface area contributed by atoms with E-state index in [2.05, 4.69) is 31.0 Å². The molecule has 0 aliphatic rings. The third-order valence-electron chi connectivity index (χ3n) is 5.42. The van der Waals surface area contributed by atoms with Gasteiger partial charge in [0.25, 0.3) is 5.82 Å². The lowest BCUT2D eigenvalue weighted by Gasteiger charge is -2.06. The quantitative estimate of drug-likeness (QED) is 0.245. The van der Waals surface area contributed by atoms with Crippen LogP contribution in [-0.4, -0.2) is 31.3 Å². The first-order valence-corrected chi connectivity index (χ1v) is 11.6. The number of benzene rings is 2. The van der Waals surface area contributed by atoms with E-state index in [1.165, 1.54) is 4.68 Å². The van der Waals surface area contributed by atoms with Gasteiger partial charge in [-0.1, -0.05) is 42.5 Å². The highest BCUT2D eigenvalue weighted by atomic mass is 79.9. The third kappa shape index (κ3) is 4.92. The third-order valence-corrected chi connectivity index (χ3v) is 6.17. The molecule has 0 spiro atoms. The van der Waals surface area contributed by atoms with Gasteiger partial charge in [-0.3, -0.25) is 4.40 Å². The van der Waals surface area contributed by atoms with Gasteiger partial charge in [-0.05, 0) is 45.3 Å². The lowest BCUT2D eigenvalue weighted by atomic mass is 10.2. The zero-order valence-corrected chi connectivity index (χ0v) is 20.5. The average Bonchev–Trinajstić information content (AvgIpc) is 3.44. The maximum absolute atomic E-state index is 13.5. The minimum Gasteiger partial charge on any atom is -0.497 e. The van der Waals surface area contributed by atoms with Gasteiger partial charge in [-0.15, -0.1) is 5.10 Å². The van der Waals surface area contributed by atoms with E-state index in [-0.39, 0.29) is 18.1 Å². The van der Waals surface area contributed by atoms with Crippen molar-refractivity contribution < 1.29 is 22.6 Å². The van der Waals surface area contributed by atoms with Crippen LogP contribution in [-0.2, 0) is 19.3 Å². The second-order valence-corrected chi connectivity index (χ2v) is 8.63. The molecule has 36 heavy (non-hydrogen) atoms. The molecule has 0 saturated heterocycles. The first kappa shape index (κ1) is 23.9. The fourth-order valence-corrected chi connectivity index (χ4v) is 4.19. The van der Waals surface area contributed by atoms with Gasteiger partial charge in [0.2, 0.25) is 0 Å². The molecule has 0 fully saturated rings. The molecule has 0 N–H and O–H groups in total. The van der Waals surface area contributed by atoms with Gasteiger partial charge in [-0.2, -0.15) is 13.2 Å². The number of hydrogen-bond donors (Lipinski definition) is 0. The Balaban J connectivity index is 1.50. The summed E-state index contributed by atoms with van der Waals surface area (Å²) in [5, 5.41) is 3.74. The first-order valence-electron chi connectivity index (χ1n) is 10.8. The fraction of sp³-hybridized carbons (Fsp3) is 0.160. The smallest absolute Gasteiger partial charge is 0.453 e. The topological polar surface area (TPSA) is 66.5 Å². The fourth-order valence-electron chi connectivity index (χ4n) is 3.62. The molecule has 3 aromatic heterocycles. The molecule has 5 rings (SSSR count). The molecule has 0 aliphatic heterocycles. The van der Waals surface area contributed by atoms with Gasteiger partial charge in [0.1, 0.15) is 34.1 Å². The molecule has 0 bridgehead atoms. The van der Waals surface area contributed by atoms with Crippen molar-refractivity contribution in [3.63, 3.8) is 0 Å². The lowest BCUT2D eigenvalue weighted by Crippen LogP contribution is -2.09. The lowest BCUT2D eigenvalue weighted by molar-refractivity contribution is -0.144. The number of aromatic nitrogens is 5. The van der Waals surface area contributed by atoms with E-state index < -0.39 is 12.0 Å². The average molecular weight is 558 g/mol. The molecule has 0 unspecified atom stereocenters. The van der Waals surface area contributed by atoms with Gasteiger partial charge in [0.05, 0.1) is 13.7 Å². The molecule has 0 radical (unpaired) electrons. The molecule has 0 saturated carbocycles. The summed E-state index contributed by atoms with van der Waals surface area (Å²) >= 11 is 3.47. The Morgan fingerprint density at radius 2 is 1.67 bits per heavy atom. The van der Waals surface area contributed by atoms with Gasteiger partial charge in [0.15, 0.2) is 5.82 Å². The van der Waals surface area contributed by atoms with Crippen molar-refractivity contribution in [2.75, 3.05) is 7.11 Å². The van der Waals surface area contributed by atoms with Crippen LogP contribution in [0.3, 0.4) is 0 Å². The number of methoxy groups -OCH3 is 1. The number of fused-ring (bicyclic) bond motifs is 1. The normalized spacial score (nSPS) is 11.7. The number of pyridine rings is 1. The van der Waals surface area contributed by atoms with Crippen LogP contribution in [0.5, 0.6) is 11.5 Å². The zero-order valence-electron chi connectivity index (χ0n) is 18.9.